The summed E-state index contributed by atoms with van der Waals surface area (Å²) in [6, 6.07) is 21.5. The third kappa shape index (κ3) is 4.15. The van der Waals surface area contributed by atoms with E-state index in [9.17, 15) is 20.1 Å². The number of nitriles is 2. The average Bonchev–Trinajstić information content (AvgIpc) is 2.63. The maximum Gasteiger partial charge on any atom is 0.154 e. The molecule has 0 heterocycles. The standard InChI is InChI=1S/C20H16N2O2/c21-13-17(15-7-3-1-4-8-15)19(23)11-12-20(24)18(14-22)16-9-5-2-6-10-16/h1-10,17-18H,11-12H2/t17-,18-/m1/s1. The summed E-state index contributed by atoms with van der Waals surface area (Å²) in [5.74, 6) is -2.36. The summed E-state index contributed by atoms with van der Waals surface area (Å²) in [5, 5.41) is 18.5. The molecule has 0 fully saturated rings. The summed E-state index contributed by atoms with van der Waals surface area (Å²) in [7, 11) is 0. The van der Waals surface area contributed by atoms with Crippen LogP contribution in [0.3, 0.4) is 0 Å². The van der Waals surface area contributed by atoms with Gasteiger partial charge in [0.15, 0.2) is 11.6 Å². The third-order valence-electron chi connectivity index (χ3n) is 3.79. The smallest absolute Gasteiger partial charge is 0.154 e. The van der Waals surface area contributed by atoms with Crippen LogP contribution in [0.4, 0.5) is 0 Å². The fourth-order valence-electron chi connectivity index (χ4n) is 2.49. The summed E-state index contributed by atoms with van der Waals surface area (Å²) in [5.41, 5.74) is 1.25. The lowest BCUT2D eigenvalue weighted by Gasteiger charge is -2.10. The molecule has 0 bridgehead atoms. The predicted octanol–water partition coefficient (Wildman–Crippen LogP) is 3.52. The molecular formula is C20H16N2O2. The monoisotopic (exact) mass is 316 g/mol. The molecule has 0 saturated heterocycles. The van der Waals surface area contributed by atoms with E-state index >= 15 is 0 Å². The van der Waals surface area contributed by atoms with Gasteiger partial charge in [0.2, 0.25) is 0 Å². The Morgan fingerprint density at radius 2 is 1.04 bits per heavy atom. The van der Waals surface area contributed by atoms with Gasteiger partial charge in [0.05, 0.1) is 12.1 Å². The minimum atomic E-state index is -0.878. The maximum absolute atomic E-state index is 12.3. The van der Waals surface area contributed by atoms with Crippen molar-refractivity contribution in [3.63, 3.8) is 0 Å². The second-order valence-corrected chi connectivity index (χ2v) is 5.38. The van der Waals surface area contributed by atoms with Crippen LogP contribution in [0.5, 0.6) is 0 Å². The zero-order valence-corrected chi connectivity index (χ0v) is 13.1. The number of rotatable bonds is 7. The van der Waals surface area contributed by atoms with Gasteiger partial charge < -0.3 is 0 Å². The molecule has 0 amide bonds. The van der Waals surface area contributed by atoms with E-state index in [1.165, 1.54) is 0 Å². The highest BCUT2D eigenvalue weighted by atomic mass is 16.1. The second-order valence-electron chi connectivity index (χ2n) is 5.38. The van der Waals surface area contributed by atoms with Gasteiger partial charge in [0, 0.05) is 12.8 Å². The molecule has 0 aliphatic heterocycles. The van der Waals surface area contributed by atoms with Gasteiger partial charge in [-0.2, -0.15) is 10.5 Å². The topological polar surface area (TPSA) is 81.7 Å². The maximum atomic E-state index is 12.3. The van der Waals surface area contributed by atoms with Crippen molar-refractivity contribution in [3.05, 3.63) is 71.8 Å². The molecule has 0 N–H and O–H groups in total. The van der Waals surface area contributed by atoms with E-state index in [0.29, 0.717) is 11.1 Å². The van der Waals surface area contributed by atoms with Crippen molar-refractivity contribution in [2.75, 3.05) is 0 Å². The molecular weight excluding hydrogens is 300 g/mol. The first-order chi connectivity index (χ1) is 11.7. The number of hydrogen-bond donors (Lipinski definition) is 0. The molecule has 2 aromatic carbocycles. The van der Waals surface area contributed by atoms with Gasteiger partial charge in [-0.15, -0.1) is 0 Å². The van der Waals surface area contributed by atoms with Gasteiger partial charge in [0.1, 0.15) is 11.8 Å². The highest BCUT2D eigenvalue weighted by Gasteiger charge is 2.24. The highest BCUT2D eigenvalue weighted by molar-refractivity contribution is 5.94. The van der Waals surface area contributed by atoms with Gasteiger partial charge in [-0.05, 0) is 11.1 Å². The Morgan fingerprint density at radius 1 is 0.708 bits per heavy atom. The second kappa shape index (κ2) is 8.41. The summed E-state index contributed by atoms with van der Waals surface area (Å²) < 4.78 is 0. The molecule has 0 saturated carbocycles. The van der Waals surface area contributed by atoms with Crippen molar-refractivity contribution >= 4 is 11.6 Å². The third-order valence-corrected chi connectivity index (χ3v) is 3.79. The highest BCUT2D eigenvalue weighted by Crippen LogP contribution is 2.21. The normalized spacial score (nSPS) is 12.4. The number of ketones is 2. The first kappa shape index (κ1) is 17.1. The Hall–Kier alpha value is -3.24. The SMILES string of the molecule is N#C[C@@H](C(=O)CCC(=O)[C@H](C#N)c1ccccc1)c1ccccc1. The molecule has 0 aliphatic carbocycles. The predicted molar refractivity (Wildman–Crippen MR) is 88.8 cm³/mol. The van der Waals surface area contributed by atoms with Crippen LogP contribution in [-0.4, -0.2) is 11.6 Å². The van der Waals surface area contributed by atoms with Crippen molar-refractivity contribution in [3.8, 4) is 12.1 Å². The molecule has 118 valence electrons. The number of Topliss-reactive ketones (excluding diaryl/α,β-unsaturated/α-hetero) is 2. The van der Waals surface area contributed by atoms with E-state index in [-0.39, 0.29) is 24.4 Å². The quantitative estimate of drug-likeness (QED) is 0.782. The Balaban J connectivity index is 2.02. The van der Waals surface area contributed by atoms with E-state index < -0.39 is 11.8 Å². The number of carbonyl (C=O) groups excluding carboxylic acids is 2. The van der Waals surface area contributed by atoms with Crippen molar-refractivity contribution in [2.45, 2.75) is 24.7 Å². The molecule has 4 heteroatoms. The average molecular weight is 316 g/mol. The molecule has 2 atom stereocenters. The molecule has 2 rings (SSSR count). The van der Waals surface area contributed by atoms with Crippen LogP contribution < -0.4 is 0 Å². The summed E-state index contributed by atoms with van der Waals surface area (Å²) in [6.07, 6.45) is -0.0893. The molecule has 24 heavy (non-hydrogen) atoms. The van der Waals surface area contributed by atoms with Crippen LogP contribution in [0, 0.1) is 22.7 Å². The number of benzene rings is 2. The largest absolute Gasteiger partial charge is 0.298 e. The van der Waals surface area contributed by atoms with Gasteiger partial charge in [-0.25, -0.2) is 0 Å². The first-order valence-electron chi connectivity index (χ1n) is 7.62. The zero-order chi connectivity index (χ0) is 17.4. The first-order valence-corrected chi connectivity index (χ1v) is 7.62. The van der Waals surface area contributed by atoms with Crippen LogP contribution in [0.25, 0.3) is 0 Å². The van der Waals surface area contributed by atoms with Crippen LogP contribution in [0.1, 0.15) is 35.8 Å². The summed E-state index contributed by atoms with van der Waals surface area (Å²) in [6.45, 7) is 0. The van der Waals surface area contributed by atoms with E-state index in [4.69, 9.17) is 0 Å². The van der Waals surface area contributed by atoms with Gasteiger partial charge in [0.25, 0.3) is 0 Å². The molecule has 0 spiro atoms. The van der Waals surface area contributed by atoms with E-state index in [0.717, 1.165) is 0 Å². The number of carbonyl (C=O) groups is 2. The van der Waals surface area contributed by atoms with E-state index in [2.05, 4.69) is 0 Å². The van der Waals surface area contributed by atoms with E-state index in [1.807, 2.05) is 24.3 Å². The molecule has 2 aromatic rings. The lowest BCUT2D eigenvalue weighted by molar-refractivity contribution is -0.124. The van der Waals surface area contributed by atoms with Crippen molar-refractivity contribution < 1.29 is 9.59 Å². The van der Waals surface area contributed by atoms with Crippen LogP contribution in [0.15, 0.2) is 60.7 Å². The van der Waals surface area contributed by atoms with Crippen molar-refractivity contribution in [1.29, 1.82) is 10.5 Å². The van der Waals surface area contributed by atoms with Crippen LogP contribution in [-0.2, 0) is 9.59 Å². The Morgan fingerprint density at radius 3 is 1.33 bits per heavy atom. The molecule has 0 aromatic heterocycles. The van der Waals surface area contributed by atoms with Crippen LogP contribution >= 0.6 is 0 Å². The molecule has 4 nitrogen and oxygen atoms in total. The number of nitrogens with zero attached hydrogens (tertiary/aromatic N) is 2. The summed E-state index contributed by atoms with van der Waals surface area (Å²) in [4.78, 5) is 24.5. The van der Waals surface area contributed by atoms with Crippen molar-refractivity contribution in [1.82, 2.24) is 0 Å². The molecule has 0 unspecified atom stereocenters. The minimum absolute atomic E-state index is 0.0447. The number of hydrogen-bond acceptors (Lipinski definition) is 4. The lowest BCUT2D eigenvalue weighted by Crippen LogP contribution is -2.16. The fraction of sp³-hybridized carbons (Fsp3) is 0.200. The van der Waals surface area contributed by atoms with Gasteiger partial charge in [-0.3, -0.25) is 9.59 Å². The Kier molecular flexibility index (Phi) is 6.00. The summed E-state index contributed by atoms with van der Waals surface area (Å²) >= 11 is 0. The zero-order valence-electron chi connectivity index (χ0n) is 13.1. The Labute approximate surface area is 141 Å². The van der Waals surface area contributed by atoms with Gasteiger partial charge >= 0.3 is 0 Å². The minimum Gasteiger partial charge on any atom is -0.298 e. The lowest BCUT2D eigenvalue weighted by atomic mass is 9.89. The fourth-order valence-corrected chi connectivity index (χ4v) is 2.49. The van der Waals surface area contributed by atoms with E-state index in [1.54, 1.807) is 48.5 Å². The molecule has 0 aliphatic rings. The molecule has 0 radical (unpaired) electrons. The van der Waals surface area contributed by atoms with Crippen LogP contribution in [0.2, 0.25) is 0 Å². The van der Waals surface area contributed by atoms with Crippen molar-refractivity contribution in [2.24, 2.45) is 0 Å². The Bertz CT molecular complexity index is 716. The van der Waals surface area contributed by atoms with Gasteiger partial charge in [-0.1, -0.05) is 60.7 Å².